The molecular formula is C19H27N5O2. The average Bonchev–Trinajstić information content (AvgIpc) is 3.40. The molecule has 1 saturated heterocycles. The molecule has 0 aromatic carbocycles. The van der Waals surface area contributed by atoms with Crippen molar-refractivity contribution in [2.75, 3.05) is 20.2 Å². The van der Waals surface area contributed by atoms with E-state index in [1.807, 2.05) is 32.3 Å². The molecule has 0 radical (unpaired) electrons. The number of likely N-dealkylation sites (N-methyl/N-ethyl adjacent to an activating group) is 1. The maximum Gasteiger partial charge on any atom is 0.270 e. The van der Waals surface area contributed by atoms with E-state index in [-0.39, 0.29) is 17.9 Å². The Labute approximate surface area is 153 Å². The molecule has 2 aromatic rings. The van der Waals surface area contributed by atoms with Gasteiger partial charge in [0.15, 0.2) is 5.82 Å². The van der Waals surface area contributed by atoms with Crippen molar-refractivity contribution < 1.29 is 9.53 Å². The van der Waals surface area contributed by atoms with Crippen molar-refractivity contribution in [3.8, 4) is 0 Å². The van der Waals surface area contributed by atoms with Crippen molar-refractivity contribution >= 4 is 5.91 Å². The molecule has 7 nitrogen and oxygen atoms in total. The molecule has 2 atom stereocenters. The van der Waals surface area contributed by atoms with Crippen molar-refractivity contribution in [3.63, 3.8) is 0 Å². The van der Waals surface area contributed by atoms with Gasteiger partial charge < -0.3 is 14.2 Å². The average molecular weight is 357 g/mol. The Morgan fingerprint density at radius 1 is 1.38 bits per heavy atom. The molecule has 1 amide bonds. The van der Waals surface area contributed by atoms with Gasteiger partial charge in [0.25, 0.3) is 5.91 Å². The first kappa shape index (κ1) is 17.3. The Morgan fingerprint density at radius 2 is 2.19 bits per heavy atom. The van der Waals surface area contributed by atoms with Gasteiger partial charge in [0.1, 0.15) is 11.5 Å². The fraction of sp³-hybridized carbons (Fsp3) is 0.632. The topological polar surface area (TPSA) is 76.0 Å². The molecule has 0 spiro atoms. The highest BCUT2D eigenvalue weighted by atomic mass is 16.5. The number of carbonyl (C=O) groups is 1. The Bertz CT molecular complexity index is 762. The number of hydrogen-bond acceptors (Lipinski definition) is 4. The summed E-state index contributed by atoms with van der Waals surface area (Å²) in [4.78, 5) is 19.3. The maximum atomic E-state index is 13.0. The summed E-state index contributed by atoms with van der Waals surface area (Å²) in [7, 11) is 1.86. The molecule has 0 bridgehead atoms. The van der Waals surface area contributed by atoms with Crippen LogP contribution < -0.4 is 0 Å². The highest BCUT2D eigenvalue weighted by Crippen LogP contribution is 2.32. The van der Waals surface area contributed by atoms with Gasteiger partial charge in [0.2, 0.25) is 0 Å². The van der Waals surface area contributed by atoms with Crippen molar-refractivity contribution in [1.82, 2.24) is 24.6 Å². The molecule has 1 saturated carbocycles. The molecule has 1 N–H and O–H groups in total. The zero-order chi connectivity index (χ0) is 18.1. The Balaban J connectivity index is 1.45. The van der Waals surface area contributed by atoms with Gasteiger partial charge in [0, 0.05) is 32.4 Å². The first-order valence-electron chi connectivity index (χ1n) is 9.56. The fourth-order valence-corrected chi connectivity index (χ4v) is 4.27. The van der Waals surface area contributed by atoms with Crippen molar-refractivity contribution in [3.05, 3.63) is 35.7 Å². The largest absolute Gasteiger partial charge is 0.376 e. The minimum absolute atomic E-state index is 0.0577. The van der Waals surface area contributed by atoms with Gasteiger partial charge in [-0.1, -0.05) is 12.8 Å². The number of aromatic nitrogens is 4. The van der Waals surface area contributed by atoms with Gasteiger partial charge in [0.05, 0.1) is 12.0 Å². The van der Waals surface area contributed by atoms with Crippen LogP contribution in [0.3, 0.4) is 0 Å². The number of H-pyrrole nitrogens is 1. The van der Waals surface area contributed by atoms with E-state index in [0.717, 1.165) is 36.6 Å². The Hall–Kier alpha value is -2.15. The van der Waals surface area contributed by atoms with E-state index in [1.165, 1.54) is 12.8 Å². The van der Waals surface area contributed by atoms with Crippen LogP contribution in [0.15, 0.2) is 18.3 Å². The number of rotatable bonds is 5. The number of nitrogens with one attached hydrogen (secondary N) is 1. The third-order valence-electron chi connectivity index (χ3n) is 5.67. The number of hydrogen-bond donors (Lipinski definition) is 1. The van der Waals surface area contributed by atoms with Crippen LogP contribution in [0.4, 0.5) is 0 Å². The minimum atomic E-state index is -0.0611. The number of nitrogens with zero attached hydrogens (tertiary/aromatic N) is 4. The number of carbonyl (C=O) groups excluding carboxylic acids is 1. The molecule has 4 rings (SSSR count). The standard InChI is InChI=1S/C19H27N5O2/c1-13-20-18(22-21-13)15-9-11-26-17(15)12-23(2)19(25)16-8-5-10-24(16)14-6-3-4-7-14/h5,8,10,14-15,17H,3-4,6-7,9,11-12H2,1-2H3,(H,20,21,22)/t15-,17-/m1/s1. The van der Waals surface area contributed by atoms with Crippen LogP contribution in [0.2, 0.25) is 0 Å². The molecule has 7 heteroatoms. The van der Waals surface area contributed by atoms with Crippen LogP contribution in [0.1, 0.15) is 66.2 Å². The normalized spacial score (nSPS) is 23.6. The molecule has 1 aliphatic carbocycles. The van der Waals surface area contributed by atoms with Gasteiger partial charge in [-0.05, 0) is 38.3 Å². The van der Waals surface area contributed by atoms with E-state index in [1.54, 1.807) is 4.90 Å². The summed E-state index contributed by atoms with van der Waals surface area (Å²) in [5.41, 5.74) is 0.780. The third kappa shape index (κ3) is 3.28. The van der Waals surface area contributed by atoms with Crippen LogP contribution in [0.25, 0.3) is 0 Å². The maximum absolute atomic E-state index is 13.0. The van der Waals surface area contributed by atoms with Crippen molar-refractivity contribution in [1.29, 1.82) is 0 Å². The SMILES string of the molecule is Cc1nc([C@@H]2CCO[C@@H]2CN(C)C(=O)c2cccn2C2CCCC2)n[nH]1. The zero-order valence-corrected chi connectivity index (χ0v) is 15.5. The van der Waals surface area contributed by atoms with E-state index in [0.29, 0.717) is 19.2 Å². The van der Waals surface area contributed by atoms with Gasteiger partial charge in [-0.15, -0.1) is 0 Å². The van der Waals surface area contributed by atoms with Crippen LogP contribution in [0.5, 0.6) is 0 Å². The second-order valence-electron chi connectivity index (χ2n) is 7.51. The summed E-state index contributed by atoms with van der Waals surface area (Å²) < 4.78 is 8.07. The molecule has 0 unspecified atom stereocenters. The second kappa shape index (κ2) is 7.23. The van der Waals surface area contributed by atoms with E-state index >= 15 is 0 Å². The highest BCUT2D eigenvalue weighted by Gasteiger charge is 2.34. The van der Waals surface area contributed by atoms with Crippen LogP contribution in [-0.2, 0) is 4.74 Å². The number of aryl methyl sites for hydroxylation is 1. The monoisotopic (exact) mass is 357 g/mol. The zero-order valence-electron chi connectivity index (χ0n) is 15.5. The van der Waals surface area contributed by atoms with E-state index in [9.17, 15) is 4.79 Å². The molecular weight excluding hydrogens is 330 g/mol. The quantitative estimate of drug-likeness (QED) is 0.893. The molecule has 1 aliphatic heterocycles. The van der Waals surface area contributed by atoms with Gasteiger partial charge in [-0.3, -0.25) is 9.89 Å². The lowest BCUT2D eigenvalue weighted by atomic mass is 10.0. The van der Waals surface area contributed by atoms with Crippen LogP contribution in [0, 0.1) is 6.92 Å². The minimum Gasteiger partial charge on any atom is -0.376 e. The Morgan fingerprint density at radius 3 is 2.92 bits per heavy atom. The highest BCUT2D eigenvalue weighted by molar-refractivity contribution is 5.92. The van der Waals surface area contributed by atoms with Gasteiger partial charge in [-0.2, -0.15) is 5.10 Å². The fourth-order valence-electron chi connectivity index (χ4n) is 4.27. The predicted molar refractivity (Wildman–Crippen MR) is 97.1 cm³/mol. The smallest absolute Gasteiger partial charge is 0.270 e. The number of ether oxygens (including phenoxy) is 1. The number of amides is 1. The third-order valence-corrected chi connectivity index (χ3v) is 5.67. The molecule has 140 valence electrons. The molecule has 26 heavy (non-hydrogen) atoms. The first-order valence-corrected chi connectivity index (χ1v) is 9.56. The molecule has 2 aliphatic rings. The summed E-state index contributed by atoms with van der Waals surface area (Å²) in [6, 6.07) is 4.37. The number of aromatic amines is 1. The van der Waals surface area contributed by atoms with E-state index < -0.39 is 0 Å². The van der Waals surface area contributed by atoms with E-state index in [2.05, 4.69) is 19.7 Å². The summed E-state index contributed by atoms with van der Waals surface area (Å²) in [5.74, 6) is 1.80. The summed E-state index contributed by atoms with van der Waals surface area (Å²) >= 11 is 0. The lowest BCUT2D eigenvalue weighted by Crippen LogP contribution is -2.37. The summed E-state index contributed by atoms with van der Waals surface area (Å²) in [6.45, 7) is 3.13. The predicted octanol–water partition coefficient (Wildman–Crippen LogP) is 2.67. The molecule has 3 heterocycles. The molecule has 2 aromatic heterocycles. The Kier molecular flexibility index (Phi) is 4.80. The second-order valence-corrected chi connectivity index (χ2v) is 7.51. The lowest BCUT2D eigenvalue weighted by Gasteiger charge is -2.25. The first-order chi connectivity index (χ1) is 12.6. The summed E-state index contributed by atoms with van der Waals surface area (Å²) in [6.07, 6.45) is 7.70. The lowest BCUT2D eigenvalue weighted by molar-refractivity contribution is 0.0541. The molecule has 2 fully saturated rings. The van der Waals surface area contributed by atoms with Gasteiger partial charge in [-0.25, -0.2) is 4.98 Å². The van der Waals surface area contributed by atoms with Crippen molar-refractivity contribution in [2.45, 2.75) is 57.1 Å². The van der Waals surface area contributed by atoms with Crippen LogP contribution in [-0.4, -0.2) is 56.9 Å². The van der Waals surface area contributed by atoms with Crippen molar-refractivity contribution in [2.24, 2.45) is 0 Å². The summed E-state index contributed by atoms with van der Waals surface area (Å²) in [5, 5.41) is 7.20. The van der Waals surface area contributed by atoms with Crippen LogP contribution >= 0.6 is 0 Å². The van der Waals surface area contributed by atoms with Gasteiger partial charge >= 0.3 is 0 Å². The van der Waals surface area contributed by atoms with E-state index in [4.69, 9.17) is 4.74 Å².